The van der Waals surface area contributed by atoms with Gasteiger partial charge in [-0.1, -0.05) is 78.4 Å². The van der Waals surface area contributed by atoms with E-state index >= 15 is 0 Å². The largest absolute Gasteiger partial charge is 0.491 e. The van der Waals surface area contributed by atoms with Crippen molar-refractivity contribution >= 4 is 22.8 Å². The maximum absolute atomic E-state index is 12.7. The van der Waals surface area contributed by atoms with E-state index in [2.05, 4.69) is 27.7 Å². The van der Waals surface area contributed by atoms with Crippen molar-refractivity contribution < 1.29 is 24.2 Å². The van der Waals surface area contributed by atoms with Gasteiger partial charge in [-0.25, -0.2) is 4.79 Å². The zero-order valence-electron chi connectivity index (χ0n) is 25.5. The van der Waals surface area contributed by atoms with E-state index in [1.807, 2.05) is 27.4 Å². The van der Waals surface area contributed by atoms with Crippen molar-refractivity contribution in [1.82, 2.24) is 14.3 Å². The molecule has 1 N–H and O–H groups in total. The Hall–Kier alpha value is -3.62. The number of aromatic carboxylic acids is 1. The third-order valence-corrected chi connectivity index (χ3v) is 8.01. The fraction of sp³-hybridized carbons (Fsp3) is 0.576. The molecule has 0 saturated carbocycles. The minimum atomic E-state index is -1.23. The average Bonchev–Trinajstić information content (AvgIpc) is 3.32. The van der Waals surface area contributed by atoms with Gasteiger partial charge in [-0.3, -0.25) is 14.3 Å². The summed E-state index contributed by atoms with van der Waals surface area (Å²) in [7, 11) is 0. The van der Waals surface area contributed by atoms with E-state index in [9.17, 15) is 19.5 Å². The van der Waals surface area contributed by atoms with Crippen LogP contribution in [-0.2, 0) is 16.1 Å². The van der Waals surface area contributed by atoms with E-state index in [1.165, 1.54) is 31.5 Å². The van der Waals surface area contributed by atoms with Crippen molar-refractivity contribution in [2.24, 2.45) is 5.41 Å². The second-order valence-corrected chi connectivity index (χ2v) is 12.4. The molecular weight excluding hydrogens is 534 g/mol. The molecule has 9 nitrogen and oxygen atoms in total. The molecule has 2 aromatic heterocycles. The number of esters is 1. The van der Waals surface area contributed by atoms with Gasteiger partial charge >= 0.3 is 11.9 Å². The predicted octanol–water partition coefficient (Wildman–Crippen LogP) is 7.01. The first kappa shape index (κ1) is 31.3. The molecule has 0 bridgehead atoms. The molecule has 0 radical (unpaired) electrons. The Kier molecular flexibility index (Phi) is 10.5. The number of unbranched alkanes of at least 4 members (excludes halogenated alkanes) is 7. The van der Waals surface area contributed by atoms with Crippen LogP contribution in [0.5, 0.6) is 5.75 Å². The van der Waals surface area contributed by atoms with Crippen molar-refractivity contribution in [3.63, 3.8) is 0 Å². The number of hydrogen-bond donors (Lipinski definition) is 1. The molecule has 3 heterocycles. The SMILES string of the molecule is CCCCCCCOC(=O)CCCCCCOc1cccc2c3n(nc12)C[C@@H](C(C)(C)C)n1cc(C(=O)O)c(=O)cc1-3. The Morgan fingerprint density at radius 1 is 1.02 bits per heavy atom. The highest BCUT2D eigenvalue weighted by molar-refractivity contribution is 5.96. The van der Waals surface area contributed by atoms with Crippen LogP contribution in [0.2, 0.25) is 0 Å². The lowest BCUT2D eigenvalue weighted by atomic mass is 9.85. The van der Waals surface area contributed by atoms with E-state index in [1.54, 1.807) is 0 Å². The topological polar surface area (TPSA) is 113 Å². The van der Waals surface area contributed by atoms with Crippen LogP contribution in [0, 0.1) is 5.41 Å². The number of ether oxygens (including phenoxy) is 2. The highest BCUT2D eigenvalue weighted by Crippen LogP contribution is 2.43. The van der Waals surface area contributed by atoms with Crippen LogP contribution < -0.4 is 10.2 Å². The zero-order valence-corrected chi connectivity index (χ0v) is 25.5. The van der Waals surface area contributed by atoms with Crippen molar-refractivity contribution in [3.05, 3.63) is 46.2 Å². The fourth-order valence-electron chi connectivity index (χ4n) is 5.62. The number of carboxylic acids is 1. The Labute approximate surface area is 247 Å². The number of hydrogen-bond acceptors (Lipinski definition) is 6. The smallest absolute Gasteiger partial charge is 0.341 e. The molecule has 0 saturated heterocycles. The molecule has 228 valence electrons. The van der Waals surface area contributed by atoms with Crippen LogP contribution in [0.25, 0.3) is 22.3 Å². The normalized spacial score (nSPS) is 14.4. The third kappa shape index (κ3) is 7.41. The molecule has 0 amide bonds. The summed E-state index contributed by atoms with van der Waals surface area (Å²) in [6.07, 6.45) is 11.2. The van der Waals surface area contributed by atoms with Crippen LogP contribution in [-0.4, -0.2) is 44.6 Å². The Morgan fingerprint density at radius 3 is 2.45 bits per heavy atom. The van der Waals surface area contributed by atoms with E-state index < -0.39 is 11.4 Å². The molecule has 0 fully saturated rings. The number of benzene rings is 1. The van der Waals surface area contributed by atoms with Gasteiger partial charge in [0, 0.05) is 24.1 Å². The number of carboxylic acid groups (broad SMARTS) is 1. The van der Waals surface area contributed by atoms with Gasteiger partial charge in [0.2, 0.25) is 0 Å². The first-order valence-corrected chi connectivity index (χ1v) is 15.4. The van der Waals surface area contributed by atoms with E-state index in [-0.39, 0.29) is 23.0 Å². The van der Waals surface area contributed by atoms with Gasteiger partial charge in [-0.2, -0.15) is 5.10 Å². The highest BCUT2D eigenvalue weighted by Gasteiger charge is 2.35. The molecule has 1 atom stereocenters. The second-order valence-electron chi connectivity index (χ2n) is 12.4. The lowest BCUT2D eigenvalue weighted by Crippen LogP contribution is -2.35. The number of aromatic nitrogens is 3. The van der Waals surface area contributed by atoms with Crippen molar-refractivity contribution in [3.8, 4) is 17.1 Å². The maximum atomic E-state index is 12.7. The van der Waals surface area contributed by atoms with Crippen LogP contribution in [0.3, 0.4) is 0 Å². The van der Waals surface area contributed by atoms with E-state index in [0.29, 0.717) is 37.6 Å². The summed E-state index contributed by atoms with van der Waals surface area (Å²) >= 11 is 0. The standard InChI is InChI=1S/C33H45N3O6/c1-5-6-7-9-13-19-42-29(38)17-11-8-10-12-18-41-27-16-14-15-23-30(27)34-36-22-28(33(2,3)4)35-21-24(32(39)40)26(37)20-25(35)31(23)36/h14-16,20-21,28H,5-13,17-19,22H2,1-4H3,(H,39,40)/t28-/m0/s1. The summed E-state index contributed by atoms with van der Waals surface area (Å²) < 4.78 is 15.3. The first-order chi connectivity index (χ1) is 20.1. The van der Waals surface area contributed by atoms with Gasteiger partial charge in [0.05, 0.1) is 37.2 Å². The molecule has 4 rings (SSSR count). The number of carbonyl (C=O) groups is 2. The molecule has 1 aliphatic heterocycles. The van der Waals surface area contributed by atoms with Crippen LogP contribution in [0.1, 0.15) is 108 Å². The summed E-state index contributed by atoms with van der Waals surface area (Å²) in [4.78, 5) is 36.4. The molecule has 0 unspecified atom stereocenters. The fourth-order valence-corrected chi connectivity index (χ4v) is 5.62. The third-order valence-electron chi connectivity index (χ3n) is 8.01. The first-order valence-electron chi connectivity index (χ1n) is 15.4. The molecule has 1 aliphatic rings. The quantitative estimate of drug-likeness (QED) is 0.152. The Balaban J connectivity index is 1.36. The van der Waals surface area contributed by atoms with Crippen molar-refractivity contribution in [2.75, 3.05) is 13.2 Å². The van der Waals surface area contributed by atoms with Gasteiger partial charge in [0.25, 0.3) is 0 Å². The number of carbonyl (C=O) groups excluding carboxylic acids is 1. The molecular formula is C33H45N3O6. The van der Waals surface area contributed by atoms with Crippen LogP contribution >= 0.6 is 0 Å². The number of nitrogens with zero attached hydrogens (tertiary/aromatic N) is 3. The molecule has 42 heavy (non-hydrogen) atoms. The molecule has 3 aromatic rings. The summed E-state index contributed by atoms with van der Waals surface area (Å²) in [5.41, 5.74) is 1.21. The number of pyridine rings is 1. The highest BCUT2D eigenvalue weighted by atomic mass is 16.5. The minimum Gasteiger partial charge on any atom is -0.491 e. The molecule has 0 aliphatic carbocycles. The average molecular weight is 580 g/mol. The van der Waals surface area contributed by atoms with Crippen molar-refractivity contribution in [2.45, 2.75) is 104 Å². The summed E-state index contributed by atoms with van der Waals surface area (Å²) in [5, 5.41) is 15.4. The van der Waals surface area contributed by atoms with E-state index in [0.717, 1.165) is 55.1 Å². The summed E-state index contributed by atoms with van der Waals surface area (Å²) in [5.74, 6) is -0.648. The monoisotopic (exact) mass is 579 g/mol. The Morgan fingerprint density at radius 2 is 1.74 bits per heavy atom. The minimum absolute atomic E-state index is 0.0968. The molecule has 0 spiro atoms. The van der Waals surface area contributed by atoms with Crippen LogP contribution in [0.15, 0.2) is 35.3 Å². The van der Waals surface area contributed by atoms with Gasteiger partial charge < -0.3 is 19.1 Å². The zero-order chi connectivity index (χ0) is 30.3. The summed E-state index contributed by atoms with van der Waals surface area (Å²) in [6, 6.07) is 7.11. The molecule has 9 heteroatoms. The van der Waals surface area contributed by atoms with Gasteiger partial charge in [0.1, 0.15) is 16.8 Å². The maximum Gasteiger partial charge on any atom is 0.341 e. The van der Waals surface area contributed by atoms with Gasteiger partial charge in [0.15, 0.2) is 5.43 Å². The van der Waals surface area contributed by atoms with Crippen molar-refractivity contribution in [1.29, 1.82) is 0 Å². The number of fused-ring (bicyclic) bond motifs is 5. The Bertz CT molecular complexity index is 1450. The molecule has 1 aromatic carbocycles. The lowest BCUT2D eigenvalue weighted by Gasteiger charge is -2.38. The number of rotatable bonds is 15. The predicted molar refractivity (Wildman–Crippen MR) is 163 cm³/mol. The lowest BCUT2D eigenvalue weighted by molar-refractivity contribution is -0.143. The van der Waals surface area contributed by atoms with Gasteiger partial charge in [-0.15, -0.1) is 0 Å². The van der Waals surface area contributed by atoms with Crippen LogP contribution in [0.4, 0.5) is 0 Å². The summed E-state index contributed by atoms with van der Waals surface area (Å²) in [6.45, 7) is 10.1. The van der Waals surface area contributed by atoms with E-state index in [4.69, 9.17) is 14.6 Å². The second kappa shape index (κ2) is 14.0. The van der Waals surface area contributed by atoms with Gasteiger partial charge in [-0.05, 0) is 30.7 Å².